The molecule has 19 atom stereocenters. The molecule has 4 saturated heterocycles. The van der Waals surface area contributed by atoms with Gasteiger partial charge in [-0.15, -0.1) is 0 Å². The highest BCUT2D eigenvalue weighted by Gasteiger charge is 2.57. The number of aliphatic hydroxyl groups is 4. The molecule has 4 fully saturated rings. The predicted octanol–water partition coefficient (Wildman–Crippen LogP) is 2.98. The van der Waals surface area contributed by atoms with Gasteiger partial charge in [-0.25, -0.2) is 0 Å². The van der Waals surface area contributed by atoms with Crippen molar-refractivity contribution in [2.45, 2.75) is 199 Å². The Kier molecular flexibility index (Phi) is 14.3. The monoisotopic (exact) mass is 745 g/mol. The molecule has 13 nitrogen and oxygen atoms in total. The Labute approximate surface area is 312 Å². The van der Waals surface area contributed by atoms with Crippen LogP contribution in [0, 0.1) is 23.7 Å². The number of carbonyl (C=O) groups excluding carboxylic acids is 1. The number of nitrogens with zero attached hydrogens (tertiary/aromatic N) is 1. The van der Waals surface area contributed by atoms with E-state index >= 15 is 0 Å². The van der Waals surface area contributed by atoms with Crippen LogP contribution < -0.4 is 5.32 Å². The largest absolute Gasteiger partial charge is 0.390 e. The lowest BCUT2D eigenvalue weighted by Crippen LogP contribution is -2.62. The van der Waals surface area contributed by atoms with Crippen LogP contribution in [-0.2, 0) is 33.2 Å². The molecule has 4 aliphatic rings. The second-order valence-electron chi connectivity index (χ2n) is 17.4. The topological polar surface area (TPSA) is 169 Å². The summed E-state index contributed by atoms with van der Waals surface area (Å²) >= 11 is 0. The lowest BCUT2D eigenvalue weighted by atomic mass is 9.75. The number of hydrogen-bond donors (Lipinski definition) is 5. The number of methoxy groups -OCH3 is 1. The van der Waals surface area contributed by atoms with E-state index in [-0.39, 0.29) is 30.4 Å². The molecule has 13 heteroatoms. The minimum absolute atomic E-state index is 0.0378. The molecule has 0 radical (unpaired) electrons. The summed E-state index contributed by atoms with van der Waals surface area (Å²) < 4.78 is 39.2. The van der Waals surface area contributed by atoms with E-state index in [0.717, 1.165) is 6.54 Å². The summed E-state index contributed by atoms with van der Waals surface area (Å²) in [4.78, 5) is 16.5. The Bertz CT molecular complexity index is 1180. The highest BCUT2D eigenvalue weighted by Crippen LogP contribution is 2.47. The summed E-state index contributed by atoms with van der Waals surface area (Å²) in [5.41, 5.74) is -3.62. The Morgan fingerprint density at radius 3 is 2.19 bits per heavy atom. The summed E-state index contributed by atoms with van der Waals surface area (Å²) in [6, 6.07) is -0.956. The van der Waals surface area contributed by atoms with Gasteiger partial charge in [-0.2, -0.15) is 0 Å². The summed E-state index contributed by atoms with van der Waals surface area (Å²) in [5.74, 6) is -2.25. The molecule has 2 bridgehead atoms. The van der Waals surface area contributed by atoms with Crippen LogP contribution in [0.1, 0.15) is 108 Å². The first kappa shape index (κ1) is 43.8. The summed E-state index contributed by atoms with van der Waals surface area (Å²) in [6.45, 7) is 21.6. The van der Waals surface area contributed by atoms with Crippen LogP contribution >= 0.6 is 0 Å². The molecular weight excluding hydrogens is 672 g/mol. The van der Waals surface area contributed by atoms with Crippen LogP contribution in [0.4, 0.5) is 0 Å². The summed E-state index contributed by atoms with van der Waals surface area (Å²) in [5, 5.41) is 49.6. The van der Waals surface area contributed by atoms with Gasteiger partial charge in [0.2, 0.25) is 5.91 Å². The molecule has 1 amide bonds. The number of aliphatic hydroxyl groups excluding tert-OH is 3. The van der Waals surface area contributed by atoms with Crippen molar-refractivity contribution in [3.05, 3.63) is 0 Å². The minimum Gasteiger partial charge on any atom is -0.390 e. The third kappa shape index (κ3) is 8.70. The van der Waals surface area contributed by atoms with Gasteiger partial charge >= 0.3 is 0 Å². The maximum absolute atomic E-state index is 14.4. The second-order valence-corrected chi connectivity index (χ2v) is 17.4. The Hall–Kier alpha value is -0.970. The Morgan fingerprint density at radius 2 is 1.60 bits per heavy atom. The van der Waals surface area contributed by atoms with Gasteiger partial charge < -0.3 is 59.1 Å². The zero-order valence-electron chi connectivity index (χ0n) is 34.1. The predicted molar refractivity (Wildman–Crippen MR) is 195 cm³/mol. The molecular formula is C39H72N2O11. The molecule has 1 unspecified atom stereocenters. The summed E-state index contributed by atoms with van der Waals surface area (Å²) in [6.07, 6.45) is -5.31. The summed E-state index contributed by atoms with van der Waals surface area (Å²) in [7, 11) is 3.52. The smallest absolute Gasteiger partial charge is 0.225 e. The van der Waals surface area contributed by atoms with Crippen LogP contribution in [-0.4, -0.2) is 142 Å². The van der Waals surface area contributed by atoms with Crippen molar-refractivity contribution in [3.8, 4) is 0 Å². The molecule has 0 saturated carbocycles. The van der Waals surface area contributed by atoms with Crippen LogP contribution in [0.25, 0.3) is 0 Å². The van der Waals surface area contributed by atoms with Crippen molar-refractivity contribution in [1.29, 1.82) is 0 Å². The van der Waals surface area contributed by atoms with Gasteiger partial charge in [-0.3, -0.25) is 4.79 Å². The van der Waals surface area contributed by atoms with Gasteiger partial charge in [0.05, 0.1) is 59.8 Å². The first-order valence-electron chi connectivity index (χ1n) is 19.8. The zero-order valence-corrected chi connectivity index (χ0v) is 34.1. The van der Waals surface area contributed by atoms with Gasteiger partial charge in [-0.05, 0) is 73.4 Å². The number of nitrogens with one attached hydrogen (secondary N) is 1. The molecule has 52 heavy (non-hydrogen) atoms. The van der Waals surface area contributed by atoms with Gasteiger partial charge in [0, 0.05) is 31.4 Å². The van der Waals surface area contributed by atoms with E-state index < -0.39 is 95.9 Å². The fourth-order valence-electron chi connectivity index (χ4n) is 9.63. The molecule has 4 aliphatic heterocycles. The fourth-order valence-corrected chi connectivity index (χ4v) is 9.63. The van der Waals surface area contributed by atoms with Crippen molar-refractivity contribution >= 4 is 5.91 Å². The maximum atomic E-state index is 14.4. The van der Waals surface area contributed by atoms with E-state index in [0.29, 0.717) is 25.7 Å². The average Bonchev–Trinajstić information content (AvgIpc) is 3.41. The molecule has 304 valence electrons. The van der Waals surface area contributed by atoms with E-state index in [1.807, 2.05) is 55.5 Å². The third-order valence-corrected chi connectivity index (χ3v) is 13.2. The normalized spacial score (nSPS) is 51.0. The van der Waals surface area contributed by atoms with Crippen molar-refractivity contribution in [1.82, 2.24) is 10.2 Å². The van der Waals surface area contributed by atoms with Gasteiger partial charge in [-0.1, -0.05) is 48.0 Å². The van der Waals surface area contributed by atoms with Crippen LogP contribution in [0.15, 0.2) is 0 Å². The number of likely N-dealkylation sites (N-methyl/N-ethyl adjacent to an activating group) is 1. The quantitative estimate of drug-likeness (QED) is 0.235. The maximum Gasteiger partial charge on any atom is 0.225 e. The molecule has 4 rings (SSSR count). The van der Waals surface area contributed by atoms with Gasteiger partial charge in [0.1, 0.15) is 17.8 Å². The average molecular weight is 745 g/mol. The number of hydrogen-bond acceptors (Lipinski definition) is 12. The number of rotatable bonds is 9. The number of carbonyl (C=O) groups is 1. The van der Waals surface area contributed by atoms with Crippen molar-refractivity contribution in [3.63, 3.8) is 0 Å². The van der Waals surface area contributed by atoms with Crippen molar-refractivity contribution in [2.75, 3.05) is 20.7 Å². The lowest BCUT2D eigenvalue weighted by molar-refractivity contribution is -0.318. The van der Waals surface area contributed by atoms with E-state index in [4.69, 9.17) is 28.4 Å². The van der Waals surface area contributed by atoms with Crippen LogP contribution in [0.5, 0.6) is 0 Å². The van der Waals surface area contributed by atoms with Crippen molar-refractivity contribution < 1.29 is 53.6 Å². The Morgan fingerprint density at radius 1 is 0.942 bits per heavy atom. The number of ether oxygens (including phenoxy) is 6. The van der Waals surface area contributed by atoms with E-state index in [9.17, 15) is 25.2 Å². The fraction of sp³-hybridized carbons (Fsp3) is 0.974. The molecule has 0 spiro atoms. The second kappa shape index (κ2) is 17.0. The van der Waals surface area contributed by atoms with Gasteiger partial charge in [0.25, 0.3) is 0 Å². The molecule has 0 aromatic rings. The molecule has 0 aromatic heterocycles. The van der Waals surface area contributed by atoms with E-state index in [2.05, 4.69) is 17.1 Å². The Balaban J connectivity index is 1.84. The molecule has 5 N–H and O–H groups in total. The standard InChI is InChI=1S/C39H72N2O11/c1-14-16-27-39(11,46)32(43)22(5)30-20(3)18-38(10,52-30)34(51-36-29(42)26(41(12)15-2)17-21(4)48-36)23(6)31(24(7)35(45)40-27)50-28-19-37(9,47-13)33(44)25(8)49-28/h20-34,36,42-44,46H,14-19H2,1-13H3,(H,40,45)/t20-,21-,22+,23+,24-,25+,26+,27-,28+,29-,30+,31+,32-,33?,34-,36+,37-,38-,39-/m1/s1. The van der Waals surface area contributed by atoms with Crippen molar-refractivity contribution in [2.24, 2.45) is 23.7 Å². The lowest BCUT2D eigenvalue weighted by Gasteiger charge is -2.49. The highest BCUT2D eigenvalue weighted by atomic mass is 16.7. The minimum atomic E-state index is -1.67. The first-order valence-corrected chi connectivity index (χ1v) is 19.8. The van der Waals surface area contributed by atoms with Crippen LogP contribution in [0.3, 0.4) is 0 Å². The van der Waals surface area contributed by atoms with E-state index in [1.54, 1.807) is 27.9 Å². The molecule has 0 aliphatic carbocycles. The van der Waals surface area contributed by atoms with Gasteiger partial charge in [0.15, 0.2) is 12.6 Å². The SMILES string of the molecule is CCC[C@H]1NC(=O)[C@H](C)[C@@H](O[C@H]2C[C@@](C)(OC)C(O)[C@H](C)O2)[C@H](C)[C@@H](O[C@@H]2O[C@H](C)C[C@H](N(C)CC)[C@H]2O)[C@@]2(C)C[C@@H](C)[C@H](O2)[C@H](C)[C@@H](O)[C@]1(C)O. The third-order valence-electron chi connectivity index (χ3n) is 13.2. The first-order chi connectivity index (χ1) is 24.1. The highest BCUT2D eigenvalue weighted by molar-refractivity contribution is 5.79. The van der Waals surface area contributed by atoms with E-state index in [1.165, 1.54) is 0 Å². The number of amides is 1. The van der Waals surface area contributed by atoms with Crippen LogP contribution in [0.2, 0.25) is 0 Å². The zero-order chi connectivity index (χ0) is 39.1. The number of fused-ring (bicyclic) bond motifs is 2. The molecule has 0 aromatic carbocycles. The molecule has 4 heterocycles.